The fraction of sp³-hybridized carbons (Fsp3) is 0.100. The Labute approximate surface area is 145 Å². The van der Waals surface area contributed by atoms with Crippen LogP contribution < -0.4 is 0 Å². The molecule has 0 aromatic heterocycles. The van der Waals surface area contributed by atoms with Gasteiger partial charge in [-0.05, 0) is 6.08 Å². The highest BCUT2D eigenvalue weighted by molar-refractivity contribution is 6.04. The lowest BCUT2D eigenvalue weighted by Crippen LogP contribution is -2.38. The van der Waals surface area contributed by atoms with Crippen LogP contribution in [0.5, 0.6) is 0 Å². The Morgan fingerprint density at radius 1 is 0.760 bits per heavy atom. The molecule has 126 valence electrons. The van der Waals surface area contributed by atoms with E-state index >= 15 is 0 Å². The van der Waals surface area contributed by atoms with E-state index in [2.05, 4.69) is 0 Å². The quantitative estimate of drug-likeness (QED) is 0.422. The lowest BCUT2D eigenvalue weighted by atomic mass is 10.1. The van der Waals surface area contributed by atoms with Gasteiger partial charge in [0.15, 0.2) is 11.6 Å². The minimum atomic E-state index is -0.569. The highest BCUT2D eigenvalue weighted by atomic mass is 16.2. The van der Waals surface area contributed by atoms with Crippen molar-refractivity contribution < 1.29 is 19.2 Å². The van der Waals surface area contributed by atoms with Crippen LogP contribution in [0.25, 0.3) is 0 Å². The zero-order valence-electron chi connectivity index (χ0n) is 13.5. The van der Waals surface area contributed by atoms with E-state index in [0.717, 1.165) is 17.1 Å². The topological polar surface area (TPSA) is 71.5 Å². The molecule has 0 aliphatic carbocycles. The van der Waals surface area contributed by atoms with Crippen LogP contribution in [-0.2, 0) is 9.59 Å². The van der Waals surface area contributed by atoms with Crippen molar-refractivity contribution in [3.05, 3.63) is 83.9 Å². The van der Waals surface area contributed by atoms with Crippen LogP contribution in [0.3, 0.4) is 0 Å². The van der Waals surface area contributed by atoms with Crippen molar-refractivity contribution in [2.75, 3.05) is 13.1 Å². The van der Waals surface area contributed by atoms with Crippen molar-refractivity contribution >= 4 is 23.8 Å². The van der Waals surface area contributed by atoms with Crippen LogP contribution in [0.15, 0.2) is 72.8 Å². The first-order valence-electron chi connectivity index (χ1n) is 7.69. The van der Waals surface area contributed by atoms with Crippen LogP contribution in [0.2, 0.25) is 0 Å². The molecule has 0 spiro atoms. The molecular formula is C20H17NO4. The summed E-state index contributed by atoms with van der Waals surface area (Å²) in [5.74, 6) is -1.13. The van der Waals surface area contributed by atoms with Gasteiger partial charge in [-0.1, -0.05) is 60.7 Å². The number of allylic oxidation sites excluding steroid dienone is 1. The number of aldehydes is 1. The third-order valence-corrected chi connectivity index (χ3v) is 3.49. The van der Waals surface area contributed by atoms with Gasteiger partial charge in [0.05, 0.1) is 13.1 Å². The van der Waals surface area contributed by atoms with Gasteiger partial charge in [0.25, 0.3) is 0 Å². The minimum absolute atomic E-state index is 0.245. The Balaban J connectivity index is 2.16. The van der Waals surface area contributed by atoms with Crippen molar-refractivity contribution in [1.29, 1.82) is 0 Å². The first-order valence-corrected chi connectivity index (χ1v) is 7.69. The van der Waals surface area contributed by atoms with Gasteiger partial charge in [0.2, 0.25) is 5.91 Å². The Hall–Kier alpha value is -3.34. The van der Waals surface area contributed by atoms with Gasteiger partial charge in [-0.2, -0.15) is 0 Å². The van der Waals surface area contributed by atoms with E-state index in [1.165, 1.54) is 0 Å². The Morgan fingerprint density at radius 3 is 1.60 bits per heavy atom. The average Bonchev–Trinajstić information content (AvgIpc) is 2.66. The summed E-state index contributed by atoms with van der Waals surface area (Å²) >= 11 is 0. The fourth-order valence-corrected chi connectivity index (χ4v) is 2.22. The highest BCUT2D eigenvalue weighted by Gasteiger charge is 2.20. The van der Waals surface area contributed by atoms with E-state index in [1.807, 2.05) is 0 Å². The molecule has 0 fully saturated rings. The number of rotatable bonds is 8. The van der Waals surface area contributed by atoms with Crippen LogP contribution in [0.1, 0.15) is 20.7 Å². The van der Waals surface area contributed by atoms with Crippen LogP contribution >= 0.6 is 0 Å². The molecule has 0 unspecified atom stereocenters. The first-order chi connectivity index (χ1) is 12.1. The zero-order chi connectivity index (χ0) is 18.1. The number of benzene rings is 2. The van der Waals surface area contributed by atoms with Crippen molar-refractivity contribution in [3.63, 3.8) is 0 Å². The highest BCUT2D eigenvalue weighted by Crippen LogP contribution is 2.06. The van der Waals surface area contributed by atoms with Gasteiger partial charge in [-0.3, -0.25) is 19.2 Å². The number of hydrogen-bond donors (Lipinski definition) is 0. The maximum Gasteiger partial charge on any atom is 0.247 e. The van der Waals surface area contributed by atoms with Gasteiger partial charge in [-0.25, -0.2) is 0 Å². The second kappa shape index (κ2) is 9.08. The number of ketones is 2. The molecule has 5 heteroatoms. The third kappa shape index (κ3) is 5.35. The van der Waals surface area contributed by atoms with Gasteiger partial charge in [0.1, 0.15) is 6.29 Å². The molecule has 1 amide bonds. The van der Waals surface area contributed by atoms with E-state index < -0.39 is 5.91 Å². The maximum absolute atomic E-state index is 12.4. The van der Waals surface area contributed by atoms with Gasteiger partial charge < -0.3 is 4.90 Å². The summed E-state index contributed by atoms with van der Waals surface area (Å²) in [5, 5.41) is 0. The van der Waals surface area contributed by atoms with Crippen LogP contribution in [0.4, 0.5) is 0 Å². The van der Waals surface area contributed by atoms with E-state index in [0.29, 0.717) is 17.4 Å². The molecule has 0 saturated carbocycles. The minimum Gasteiger partial charge on any atom is -0.324 e. The summed E-state index contributed by atoms with van der Waals surface area (Å²) in [6, 6.07) is 17.0. The first kappa shape index (κ1) is 18.0. The molecule has 5 nitrogen and oxygen atoms in total. The van der Waals surface area contributed by atoms with Crippen molar-refractivity contribution in [2.24, 2.45) is 0 Å². The molecule has 2 aromatic rings. The normalized spacial score (nSPS) is 10.4. The Bertz CT molecular complexity index is 728. The molecule has 0 saturated heterocycles. The molecule has 0 aliphatic heterocycles. The van der Waals surface area contributed by atoms with E-state index in [4.69, 9.17) is 0 Å². The van der Waals surface area contributed by atoms with Crippen LogP contribution in [-0.4, -0.2) is 41.7 Å². The summed E-state index contributed by atoms with van der Waals surface area (Å²) in [5.41, 5.74) is 0.902. The largest absolute Gasteiger partial charge is 0.324 e. The number of amides is 1. The summed E-state index contributed by atoms with van der Waals surface area (Å²) in [7, 11) is 0. The lowest BCUT2D eigenvalue weighted by molar-refractivity contribution is -0.125. The third-order valence-electron chi connectivity index (χ3n) is 3.49. The predicted molar refractivity (Wildman–Crippen MR) is 93.3 cm³/mol. The molecule has 0 radical (unpaired) electrons. The Morgan fingerprint density at radius 2 is 1.20 bits per heavy atom. The number of carbonyl (C=O) groups excluding carboxylic acids is 4. The van der Waals surface area contributed by atoms with E-state index in [-0.39, 0.29) is 24.7 Å². The summed E-state index contributed by atoms with van der Waals surface area (Å²) in [4.78, 5) is 48.5. The molecule has 2 rings (SSSR count). The van der Waals surface area contributed by atoms with Crippen LogP contribution in [0, 0.1) is 0 Å². The van der Waals surface area contributed by atoms with Gasteiger partial charge in [-0.15, -0.1) is 0 Å². The zero-order valence-corrected chi connectivity index (χ0v) is 13.5. The molecule has 0 heterocycles. The van der Waals surface area contributed by atoms with E-state index in [9.17, 15) is 19.2 Å². The predicted octanol–water partition coefficient (Wildman–Crippen LogP) is 2.34. The smallest absolute Gasteiger partial charge is 0.247 e. The second-order valence-electron chi connectivity index (χ2n) is 5.27. The van der Waals surface area contributed by atoms with Gasteiger partial charge in [0, 0.05) is 17.2 Å². The molecule has 0 N–H and O–H groups in total. The van der Waals surface area contributed by atoms with Crippen molar-refractivity contribution in [1.82, 2.24) is 4.90 Å². The molecule has 0 atom stereocenters. The molecular weight excluding hydrogens is 318 g/mol. The molecule has 0 aliphatic rings. The summed E-state index contributed by atoms with van der Waals surface area (Å²) < 4.78 is 0. The number of carbonyl (C=O) groups is 4. The average molecular weight is 335 g/mol. The van der Waals surface area contributed by atoms with E-state index in [1.54, 1.807) is 60.7 Å². The number of Topliss-reactive ketones (excluding diaryl/α,β-unsaturated/α-hetero) is 2. The van der Waals surface area contributed by atoms with Crippen molar-refractivity contribution in [3.8, 4) is 0 Å². The second-order valence-corrected chi connectivity index (χ2v) is 5.27. The number of hydrogen-bond acceptors (Lipinski definition) is 4. The van der Waals surface area contributed by atoms with Crippen molar-refractivity contribution in [2.45, 2.75) is 0 Å². The monoisotopic (exact) mass is 335 g/mol. The molecule has 25 heavy (non-hydrogen) atoms. The fourth-order valence-electron chi connectivity index (χ4n) is 2.22. The molecule has 2 aromatic carbocycles. The van der Waals surface area contributed by atoms with Gasteiger partial charge >= 0.3 is 0 Å². The Kier molecular flexibility index (Phi) is 6.54. The maximum atomic E-state index is 12.4. The number of nitrogens with zero attached hydrogens (tertiary/aromatic N) is 1. The summed E-state index contributed by atoms with van der Waals surface area (Å²) in [6.07, 6.45) is 2.55. The SMILES string of the molecule is O=C/C=C/C(=O)N(CC(=O)c1ccccc1)CC(=O)c1ccccc1. The summed E-state index contributed by atoms with van der Waals surface area (Å²) in [6.45, 7) is -0.491. The molecule has 0 bridgehead atoms. The standard InChI is InChI=1S/C20H17NO4/c22-13-7-12-20(25)21(14-18(23)16-8-3-1-4-9-16)15-19(24)17-10-5-2-6-11-17/h1-13H,14-15H2/b12-7+. The lowest BCUT2D eigenvalue weighted by Gasteiger charge is -2.19.